The Kier molecular flexibility index (Phi) is 5.17. The lowest BCUT2D eigenvalue weighted by Crippen LogP contribution is -2.15. The van der Waals surface area contributed by atoms with E-state index in [4.69, 9.17) is 23.2 Å². The van der Waals surface area contributed by atoms with Crippen molar-refractivity contribution in [3.8, 4) is 0 Å². The molecule has 0 aliphatic heterocycles. The van der Waals surface area contributed by atoms with Crippen molar-refractivity contribution in [2.75, 3.05) is 5.32 Å². The van der Waals surface area contributed by atoms with Crippen molar-refractivity contribution < 1.29 is 4.79 Å². The first-order chi connectivity index (χ1) is 11.6. The van der Waals surface area contributed by atoms with Crippen LogP contribution in [0.15, 0.2) is 48.9 Å². The van der Waals surface area contributed by atoms with Gasteiger partial charge in [0, 0.05) is 36.4 Å². The number of aromatic nitrogens is 4. The number of carbonyl (C=O) groups is 1. The predicted octanol–water partition coefficient (Wildman–Crippen LogP) is 3.46. The quantitative estimate of drug-likeness (QED) is 0.729. The number of carbonyl (C=O) groups excluding carboxylic acids is 1. The van der Waals surface area contributed by atoms with E-state index in [0.29, 0.717) is 29.0 Å². The summed E-state index contributed by atoms with van der Waals surface area (Å²) in [5.41, 5.74) is 0.968. The van der Waals surface area contributed by atoms with Crippen molar-refractivity contribution in [2.45, 2.75) is 19.5 Å². The van der Waals surface area contributed by atoms with Crippen LogP contribution in [0.5, 0.6) is 0 Å². The molecule has 3 aromatic rings. The topological polar surface area (TPSA) is 64.7 Å². The molecule has 6 nitrogen and oxygen atoms in total. The molecule has 0 atom stereocenters. The van der Waals surface area contributed by atoms with Crippen LogP contribution in [0.2, 0.25) is 10.0 Å². The molecule has 0 saturated heterocycles. The second-order valence-electron chi connectivity index (χ2n) is 5.21. The Morgan fingerprint density at radius 3 is 2.75 bits per heavy atom. The summed E-state index contributed by atoms with van der Waals surface area (Å²) in [6, 6.07) is 9.34. The zero-order valence-corrected chi connectivity index (χ0v) is 14.2. The SMILES string of the molecule is O=C(CCn1cc(Cl)cn1)Nc1ccn(Cc2ccccc2Cl)n1. The standard InChI is InChI=1S/C16H15Cl2N5O/c17-13-9-19-22(11-13)8-6-16(24)20-15-5-7-23(21-15)10-12-3-1-2-4-14(12)18/h1-5,7,9,11H,6,8,10H2,(H,20,21,24). The first kappa shape index (κ1) is 16.5. The van der Waals surface area contributed by atoms with Crippen LogP contribution in [0.25, 0.3) is 0 Å². The van der Waals surface area contributed by atoms with E-state index < -0.39 is 0 Å². The number of aryl methyl sites for hydroxylation is 1. The monoisotopic (exact) mass is 363 g/mol. The third-order valence-corrected chi connectivity index (χ3v) is 3.93. The number of hydrogen-bond donors (Lipinski definition) is 1. The van der Waals surface area contributed by atoms with Crippen molar-refractivity contribution in [1.82, 2.24) is 19.6 Å². The molecule has 124 valence electrons. The van der Waals surface area contributed by atoms with Crippen LogP contribution in [-0.2, 0) is 17.9 Å². The summed E-state index contributed by atoms with van der Waals surface area (Å²) in [7, 11) is 0. The average Bonchev–Trinajstić information content (AvgIpc) is 3.17. The van der Waals surface area contributed by atoms with Gasteiger partial charge in [-0.1, -0.05) is 41.4 Å². The highest BCUT2D eigenvalue weighted by Gasteiger charge is 2.07. The maximum absolute atomic E-state index is 12.0. The van der Waals surface area contributed by atoms with Crippen molar-refractivity contribution in [3.63, 3.8) is 0 Å². The molecule has 0 saturated carbocycles. The number of nitrogens with zero attached hydrogens (tertiary/aromatic N) is 4. The molecule has 0 aliphatic carbocycles. The zero-order chi connectivity index (χ0) is 16.9. The van der Waals surface area contributed by atoms with E-state index in [9.17, 15) is 4.79 Å². The van der Waals surface area contributed by atoms with Gasteiger partial charge in [-0.25, -0.2) is 0 Å². The molecule has 1 N–H and O–H groups in total. The van der Waals surface area contributed by atoms with Crippen LogP contribution >= 0.6 is 23.2 Å². The molecule has 2 heterocycles. The fourth-order valence-corrected chi connectivity index (χ4v) is 2.55. The number of rotatable bonds is 6. The van der Waals surface area contributed by atoms with Crippen LogP contribution in [0.4, 0.5) is 5.82 Å². The van der Waals surface area contributed by atoms with Crippen LogP contribution in [0.1, 0.15) is 12.0 Å². The van der Waals surface area contributed by atoms with Gasteiger partial charge in [0.05, 0.1) is 17.8 Å². The van der Waals surface area contributed by atoms with Gasteiger partial charge in [-0.15, -0.1) is 0 Å². The summed E-state index contributed by atoms with van der Waals surface area (Å²) >= 11 is 11.9. The first-order valence-electron chi connectivity index (χ1n) is 7.35. The van der Waals surface area contributed by atoms with Gasteiger partial charge in [-0.3, -0.25) is 14.2 Å². The molecule has 8 heteroatoms. The Balaban J connectivity index is 1.53. The molecule has 0 spiro atoms. The van der Waals surface area contributed by atoms with E-state index >= 15 is 0 Å². The molecule has 1 aromatic carbocycles. The number of amides is 1. The molecule has 2 aromatic heterocycles. The summed E-state index contributed by atoms with van der Waals surface area (Å²) < 4.78 is 3.35. The predicted molar refractivity (Wildman–Crippen MR) is 93.3 cm³/mol. The van der Waals surface area contributed by atoms with Gasteiger partial charge >= 0.3 is 0 Å². The number of benzene rings is 1. The maximum atomic E-state index is 12.0. The highest BCUT2D eigenvalue weighted by Crippen LogP contribution is 2.16. The Hall–Kier alpha value is -2.31. The highest BCUT2D eigenvalue weighted by atomic mass is 35.5. The van der Waals surface area contributed by atoms with Gasteiger partial charge in [-0.2, -0.15) is 10.2 Å². The minimum atomic E-state index is -0.135. The summed E-state index contributed by atoms with van der Waals surface area (Å²) in [5, 5.41) is 12.4. The molecule has 0 fully saturated rings. The molecule has 0 radical (unpaired) electrons. The van der Waals surface area contributed by atoms with Gasteiger partial charge in [0.15, 0.2) is 5.82 Å². The smallest absolute Gasteiger partial charge is 0.227 e. The van der Waals surface area contributed by atoms with E-state index in [1.165, 1.54) is 6.20 Å². The Morgan fingerprint density at radius 2 is 2.00 bits per heavy atom. The van der Waals surface area contributed by atoms with Crippen molar-refractivity contribution in [1.29, 1.82) is 0 Å². The number of hydrogen-bond acceptors (Lipinski definition) is 3. The number of anilines is 1. The summed E-state index contributed by atoms with van der Waals surface area (Å²) in [6.45, 7) is 1.00. The minimum Gasteiger partial charge on any atom is -0.309 e. The molecule has 0 bridgehead atoms. The minimum absolute atomic E-state index is 0.135. The first-order valence-corrected chi connectivity index (χ1v) is 8.10. The summed E-state index contributed by atoms with van der Waals surface area (Å²) in [4.78, 5) is 12.0. The average molecular weight is 364 g/mol. The lowest BCUT2D eigenvalue weighted by Gasteiger charge is -2.05. The van der Waals surface area contributed by atoms with Crippen LogP contribution in [-0.4, -0.2) is 25.5 Å². The Bertz CT molecular complexity index is 842. The maximum Gasteiger partial charge on any atom is 0.227 e. The fourth-order valence-electron chi connectivity index (χ4n) is 2.20. The second kappa shape index (κ2) is 7.51. The largest absolute Gasteiger partial charge is 0.309 e. The van der Waals surface area contributed by atoms with Crippen molar-refractivity contribution in [2.24, 2.45) is 0 Å². The summed E-state index contributed by atoms with van der Waals surface area (Å²) in [5.74, 6) is 0.371. The lowest BCUT2D eigenvalue weighted by atomic mass is 10.2. The van der Waals surface area contributed by atoms with Gasteiger partial charge in [0.25, 0.3) is 0 Å². The number of nitrogens with one attached hydrogen (secondary N) is 1. The van der Waals surface area contributed by atoms with E-state index in [1.54, 1.807) is 27.8 Å². The van der Waals surface area contributed by atoms with E-state index in [-0.39, 0.29) is 12.3 Å². The van der Waals surface area contributed by atoms with E-state index in [2.05, 4.69) is 15.5 Å². The molecule has 24 heavy (non-hydrogen) atoms. The van der Waals surface area contributed by atoms with Crippen LogP contribution < -0.4 is 5.32 Å². The van der Waals surface area contributed by atoms with E-state index in [1.807, 2.05) is 24.3 Å². The van der Waals surface area contributed by atoms with Crippen LogP contribution in [0, 0.1) is 0 Å². The Labute approximate surface area is 149 Å². The van der Waals surface area contributed by atoms with Gasteiger partial charge in [-0.05, 0) is 11.6 Å². The molecule has 0 aliphatic rings. The normalized spacial score (nSPS) is 10.8. The zero-order valence-electron chi connectivity index (χ0n) is 12.7. The Morgan fingerprint density at radius 1 is 1.17 bits per heavy atom. The van der Waals surface area contributed by atoms with Gasteiger partial charge in [0.1, 0.15) is 0 Å². The third-order valence-electron chi connectivity index (χ3n) is 3.37. The summed E-state index contributed by atoms with van der Waals surface area (Å²) in [6.07, 6.45) is 5.30. The fraction of sp³-hybridized carbons (Fsp3) is 0.188. The molecule has 1 amide bonds. The molecule has 0 unspecified atom stereocenters. The molecular formula is C16H15Cl2N5O. The van der Waals surface area contributed by atoms with Crippen LogP contribution in [0.3, 0.4) is 0 Å². The van der Waals surface area contributed by atoms with Gasteiger partial charge in [0.2, 0.25) is 5.91 Å². The number of halogens is 2. The highest BCUT2D eigenvalue weighted by molar-refractivity contribution is 6.31. The molecule has 3 rings (SSSR count). The van der Waals surface area contributed by atoms with Crippen molar-refractivity contribution >= 4 is 34.9 Å². The molecular weight excluding hydrogens is 349 g/mol. The third kappa shape index (κ3) is 4.37. The lowest BCUT2D eigenvalue weighted by molar-refractivity contribution is -0.116. The van der Waals surface area contributed by atoms with Crippen molar-refractivity contribution in [3.05, 3.63) is 64.5 Å². The van der Waals surface area contributed by atoms with E-state index in [0.717, 1.165) is 5.56 Å². The second-order valence-corrected chi connectivity index (χ2v) is 6.05. The van der Waals surface area contributed by atoms with Gasteiger partial charge < -0.3 is 5.32 Å².